The molecule has 0 atom stereocenters. The lowest BCUT2D eigenvalue weighted by Crippen LogP contribution is -2.17. The van der Waals surface area contributed by atoms with Gasteiger partial charge in [-0.25, -0.2) is 5.43 Å². The van der Waals surface area contributed by atoms with Crippen molar-refractivity contribution in [2.45, 2.75) is 6.54 Å². The Bertz CT molecular complexity index is 1100. The van der Waals surface area contributed by atoms with E-state index in [0.29, 0.717) is 16.9 Å². The van der Waals surface area contributed by atoms with Gasteiger partial charge in [0, 0.05) is 17.2 Å². The van der Waals surface area contributed by atoms with Gasteiger partial charge in [-0.2, -0.15) is 10.2 Å². The fourth-order valence-electron chi connectivity index (χ4n) is 2.67. The van der Waals surface area contributed by atoms with Gasteiger partial charge in [0.2, 0.25) is 0 Å². The van der Waals surface area contributed by atoms with Gasteiger partial charge in [-0.3, -0.25) is 19.6 Å². The van der Waals surface area contributed by atoms with Crippen molar-refractivity contribution in [3.63, 3.8) is 0 Å². The van der Waals surface area contributed by atoms with E-state index in [1.54, 1.807) is 18.2 Å². The topological polar surface area (TPSA) is 152 Å². The number of aromatic nitrogens is 2. The molecule has 0 spiro atoms. The summed E-state index contributed by atoms with van der Waals surface area (Å²) >= 11 is 0. The van der Waals surface area contributed by atoms with Crippen LogP contribution in [0.15, 0.2) is 53.9 Å². The molecule has 0 bridgehead atoms. The van der Waals surface area contributed by atoms with Crippen LogP contribution >= 0.6 is 0 Å². The standard InChI is InChI=1S/C19H17N5O6/c1-30-18-3-2-12(4-14(18)10-23-11-15(9-21-23)24(28)29)8-20-22-19(27)13-5-16(25)7-17(26)6-13/h2-9,11,25-26H,10H2,1H3,(H,22,27). The first kappa shape index (κ1) is 20.3. The maximum atomic E-state index is 12.1. The molecule has 3 rings (SSSR count). The first-order chi connectivity index (χ1) is 14.4. The molecule has 2 aromatic carbocycles. The lowest BCUT2D eigenvalue weighted by atomic mass is 10.1. The number of rotatable bonds is 7. The third-order valence-electron chi connectivity index (χ3n) is 4.01. The van der Waals surface area contributed by atoms with Crippen molar-refractivity contribution < 1.29 is 24.7 Å². The van der Waals surface area contributed by atoms with Crippen LogP contribution in [0.5, 0.6) is 17.2 Å². The van der Waals surface area contributed by atoms with Crippen LogP contribution < -0.4 is 10.2 Å². The van der Waals surface area contributed by atoms with Crippen molar-refractivity contribution in [1.29, 1.82) is 0 Å². The highest BCUT2D eigenvalue weighted by molar-refractivity contribution is 5.95. The van der Waals surface area contributed by atoms with E-state index in [4.69, 9.17) is 4.74 Å². The van der Waals surface area contributed by atoms with Gasteiger partial charge in [-0.1, -0.05) is 0 Å². The second-order valence-corrected chi connectivity index (χ2v) is 6.16. The van der Waals surface area contributed by atoms with Crippen LogP contribution in [0.25, 0.3) is 0 Å². The van der Waals surface area contributed by atoms with Gasteiger partial charge < -0.3 is 14.9 Å². The lowest BCUT2D eigenvalue weighted by molar-refractivity contribution is -0.385. The van der Waals surface area contributed by atoms with Crippen LogP contribution in [0.3, 0.4) is 0 Å². The van der Waals surface area contributed by atoms with Crippen LogP contribution in [-0.2, 0) is 6.54 Å². The van der Waals surface area contributed by atoms with Gasteiger partial charge in [0.25, 0.3) is 5.91 Å². The van der Waals surface area contributed by atoms with E-state index in [2.05, 4.69) is 15.6 Å². The number of nitrogens with one attached hydrogen (secondary N) is 1. The molecule has 3 N–H and O–H groups in total. The smallest absolute Gasteiger partial charge is 0.307 e. The monoisotopic (exact) mass is 411 g/mol. The number of benzene rings is 2. The number of methoxy groups -OCH3 is 1. The molecular formula is C19H17N5O6. The number of ether oxygens (including phenoxy) is 1. The summed E-state index contributed by atoms with van der Waals surface area (Å²) in [4.78, 5) is 22.3. The van der Waals surface area contributed by atoms with E-state index >= 15 is 0 Å². The molecule has 1 amide bonds. The highest BCUT2D eigenvalue weighted by Crippen LogP contribution is 2.22. The average Bonchev–Trinajstić information content (AvgIpc) is 3.16. The van der Waals surface area contributed by atoms with Gasteiger partial charge in [0.15, 0.2) is 0 Å². The molecule has 1 heterocycles. The van der Waals surface area contributed by atoms with Crippen molar-refractivity contribution in [2.24, 2.45) is 5.10 Å². The zero-order chi connectivity index (χ0) is 21.7. The fourth-order valence-corrected chi connectivity index (χ4v) is 2.67. The molecule has 0 fully saturated rings. The van der Waals surface area contributed by atoms with Crippen LogP contribution in [0.2, 0.25) is 0 Å². The van der Waals surface area contributed by atoms with Crippen molar-refractivity contribution in [2.75, 3.05) is 7.11 Å². The second-order valence-electron chi connectivity index (χ2n) is 6.16. The number of hydrogen-bond acceptors (Lipinski definition) is 8. The van der Waals surface area contributed by atoms with Crippen LogP contribution in [-0.4, -0.2) is 44.1 Å². The van der Waals surface area contributed by atoms with Gasteiger partial charge in [0.05, 0.1) is 24.8 Å². The Kier molecular flexibility index (Phi) is 5.92. The number of phenolic OH excluding ortho intramolecular Hbond substituents is 2. The van der Waals surface area contributed by atoms with Crippen LogP contribution in [0, 0.1) is 10.1 Å². The van der Waals surface area contributed by atoms with Crippen molar-refractivity contribution in [3.05, 3.63) is 75.6 Å². The highest BCUT2D eigenvalue weighted by Gasteiger charge is 2.11. The predicted octanol–water partition coefficient (Wildman–Crippen LogP) is 2.02. The Balaban J connectivity index is 1.73. The Morgan fingerprint density at radius 1 is 1.30 bits per heavy atom. The molecule has 30 heavy (non-hydrogen) atoms. The lowest BCUT2D eigenvalue weighted by Gasteiger charge is -2.09. The van der Waals surface area contributed by atoms with Crippen molar-refractivity contribution >= 4 is 17.8 Å². The van der Waals surface area contributed by atoms with Crippen molar-refractivity contribution in [1.82, 2.24) is 15.2 Å². The molecule has 154 valence electrons. The first-order valence-corrected chi connectivity index (χ1v) is 8.56. The maximum absolute atomic E-state index is 12.1. The number of nitrogens with zero attached hydrogens (tertiary/aromatic N) is 4. The Morgan fingerprint density at radius 2 is 2.03 bits per heavy atom. The normalized spacial score (nSPS) is 10.8. The molecule has 0 aliphatic rings. The summed E-state index contributed by atoms with van der Waals surface area (Å²) in [7, 11) is 1.50. The molecule has 0 saturated carbocycles. The minimum atomic E-state index is -0.616. The van der Waals surface area contributed by atoms with E-state index in [1.165, 1.54) is 36.3 Å². The van der Waals surface area contributed by atoms with Gasteiger partial charge in [-0.15, -0.1) is 0 Å². The predicted molar refractivity (Wildman–Crippen MR) is 106 cm³/mol. The molecule has 0 unspecified atom stereocenters. The second kappa shape index (κ2) is 8.73. The molecule has 0 saturated heterocycles. The molecule has 1 aromatic heterocycles. The molecule has 3 aromatic rings. The number of hydrazone groups is 1. The van der Waals surface area contributed by atoms with Gasteiger partial charge in [-0.05, 0) is 35.9 Å². The Labute approximate surface area is 170 Å². The zero-order valence-corrected chi connectivity index (χ0v) is 15.7. The largest absolute Gasteiger partial charge is 0.508 e. The molecule has 0 aliphatic carbocycles. The summed E-state index contributed by atoms with van der Waals surface area (Å²) in [5, 5.41) is 37.5. The summed E-state index contributed by atoms with van der Waals surface area (Å²) in [5.41, 5.74) is 3.55. The Morgan fingerprint density at radius 3 is 2.67 bits per heavy atom. The van der Waals surface area contributed by atoms with E-state index < -0.39 is 10.8 Å². The number of hydrogen-bond donors (Lipinski definition) is 3. The quantitative estimate of drug-likeness (QED) is 0.305. The average molecular weight is 411 g/mol. The summed E-state index contributed by atoms with van der Waals surface area (Å²) < 4.78 is 6.72. The van der Waals surface area contributed by atoms with E-state index in [-0.39, 0.29) is 29.3 Å². The molecule has 0 radical (unpaired) electrons. The molecule has 11 nitrogen and oxygen atoms in total. The first-order valence-electron chi connectivity index (χ1n) is 8.56. The summed E-state index contributed by atoms with van der Waals surface area (Å²) in [6.07, 6.45) is 3.87. The maximum Gasteiger partial charge on any atom is 0.307 e. The van der Waals surface area contributed by atoms with Crippen LogP contribution in [0.4, 0.5) is 5.69 Å². The van der Waals surface area contributed by atoms with Gasteiger partial charge >= 0.3 is 5.69 Å². The zero-order valence-electron chi connectivity index (χ0n) is 15.7. The third-order valence-corrected chi connectivity index (χ3v) is 4.01. The Hall–Kier alpha value is -4.41. The summed E-state index contributed by atoms with van der Waals surface area (Å²) in [5.74, 6) is -0.551. The molecule has 11 heteroatoms. The van der Waals surface area contributed by atoms with E-state index in [0.717, 1.165) is 12.3 Å². The number of nitro groups is 1. The number of carbonyl (C=O) groups excluding carboxylic acids is 1. The van der Waals surface area contributed by atoms with E-state index in [1.807, 2.05) is 0 Å². The number of carbonyl (C=O) groups is 1. The summed E-state index contributed by atoms with van der Waals surface area (Å²) in [6, 6.07) is 8.64. The number of phenols is 2. The minimum absolute atomic E-state index is 0.0420. The highest BCUT2D eigenvalue weighted by atomic mass is 16.6. The number of aromatic hydroxyl groups is 2. The fraction of sp³-hybridized carbons (Fsp3) is 0.105. The van der Waals surface area contributed by atoms with Crippen LogP contribution in [0.1, 0.15) is 21.5 Å². The number of amides is 1. The SMILES string of the molecule is COc1ccc(C=NNC(=O)c2cc(O)cc(O)c2)cc1Cn1cc([N+](=O)[O-])cn1. The third kappa shape index (κ3) is 4.90. The van der Waals surface area contributed by atoms with Gasteiger partial charge in [0.1, 0.15) is 29.6 Å². The minimum Gasteiger partial charge on any atom is -0.508 e. The summed E-state index contributed by atoms with van der Waals surface area (Å²) in [6.45, 7) is 0.230. The molecule has 0 aliphatic heterocycles. The van der Waals surface area contributed by atoms with E-state index in [9.17, 15) is 25.1 Å². The molecular weight excluding hydrogens is 394 g/mol. The van der Waals surface area contributed by atoms with Crippen molar-refractivity contribution in [3.8, 4) is 17.2 Å².